The number of nitrogens with one attached hydrogen (secondary N) is 1. The van der Waals surface area contributed by atoms with E-state index in [9.17, 15) is 4.79 Å². The van der Waals surface area contributed by atoms with Crippen molar-refractivity contribution < 1.29 is 4.79 Å². The zero-order valence-electron chi connectivity index (χ0n) is 14.3. The fraction of sp³-hybridized carbons (Fsp3) is 0.368. The molecule has 1 aromatic carbocycles. The van der Waals surface area contributed by atoms with Crippen molar-refractivity contribution in [3.8, 4) is 6.07 Å². The summed E-state index contributed by atoms with van der Waals surface area (Å²) in [5, 5.41) is 20.2. The Morgan fingerprint density at radius 2 is 2.12 bits per heavy atom. The van der Waals surface area contributed by atoms with Crippen LogP contribution in [0.4, 0.5) is 11.5 Å². The number of nitriles is 1. The number of carbonyl (C=O) groups is 1. The highest BCUT2D eigenvalue weighted by Crippen LogP contribution is 2.24. The Morgan fingerprint density at radius 1 is 1.28 bits per heavy atom. The molecular weight excluding hydrogens is 314 g/mol. The third-order valence-corrected chi connectivity index (χ3v) is 4.57. The number of benzene rings is 1. The van der Waals surface area contributed by atoms with Crippen molar-refractivity contribution in [3.63, 3.8) is 0 Å². The number of anilines is 2. The first-order valence-corrected chi connectivity index (χ1v) is 8.63. The fourth-order valence-electron chi connectivity index (χ4n) is 3.20. The molecule has 0 spiro atoms. The van der Waals surface area contributed by atoms with E-state index >= 15 is 0 Å². The zero-order chi connectivity index (χ0) is 17.6. The van der Waals surface area contributed by atoms with Gasteiger partial charge in [0.25, 0.3) is 5.91 Å². The van der Waals surface area contributed by atoms with Crippen LogP contribution in [0.15, 0.2) is 36.4 Å². The lowest BCUT2D eigenvalue weighted by atomic mass is 10.0. The summed E-state index contributed by atoms with van der Waals surface area (Å²) in [5.41, 5.74) is 1.13. The Morgan fingerprint density at radius 3 is 2.84 bits per heavy atom. The number of carbonyl (C=O) groups excluding carboxylic acids is 1. The summed E-state index contributed by atoms with van der Waals surface area (Å²) in [6.45, 7) is 3.17. The van der Waals surface area contributed by atoms with Gasteiger partial charge in [-0.3, -0.25) is 4.79 Å². The van der Waals surface area contributed by atoms with Gasteiger partial charge in [-0.25, -0.2) is 0 Å². The number of nitrogens with zero attached hydrogens (tertiary/aromatic N) is 4. The highest BCUT2D eigenvalue weighted by molar-refractivity contribution is 6.03. The molecule has 6 nitrogen and oxygen atoms in total. The van der Waals surface area contributed by atoms with Crippen molar-refractivity contribution in [1.29, 1.82) is 5.26 Å². The van der Waals surface area contributed by atoms with Crippen LogP contribution < -0.4 is 10.2 Å². The second-order valence-corrected chi connectivity index (χ2v) is 6.14. The Labute approximate surface area is 147 Å². The average molecular weight is 335 g/mol. The third-order valence-electron chi connectivity index (χ3n) is 4.57. The normalized spacial score (nSPS) is 17.0. The molecule has 1 fully saturated rings. The van der Waals surface area contributed by atoms with Gasteiger partial charge in [-0.1, -0.05) is 19.1 Å². The summed E-state index contributed by atoms with van der Waals surface area (Å²) in [7, 11) is 0. The first-order valence-electron chi connectivity index (χ1n) is 8.63. The first kappa shape index (κ1) is 16.9. The van der Waals surface area contributed by atoms with E-state index in [0.29, 0.717) is 17.3 Å². The van der Waals surface area contributed by atoms with E-state index in [2.05, 4.69) is 33.4 Å². The van der Waals surface area contributed by atoms with Crippen LogP contribution in [-0.4, -0.2) is 28.7 Å². The van der Waals surface area contributed by atoms with Crippen molar-refractivity contribution in [2.24, 2.45) is 0 Å². The van der Waals surface area contributed by atoms with Gasteiger partial charge in [-0.2, -0.15) is 5.26 Å². The Hall–Kier alpha value is -2.94. The van der Waals surface area contributed by atoms with Crippen LogP contribution in [0.2, 0.25) is 0 Å². The molecule has 1 N–H and O–H groups in total. The van der Waals surface area contributed by atoms with Gasteiger partial charge < -0.3 is 10.2 Å². The van der Waals surface area contributed by atoms with E-state index in [-0.39, 0.29) is 11.6 Å². The van der Waals surface area contributed by atoms with Crippen LogP contribution in [-0.2, 0) is 0 Å². The van der Waals surface area contributed by atoms with Crippen LogP contribution in [0.3, 0.4) is 0 Å². The molecule has 0 radical (unpaired) electrons. The molecule has 0 bridgehead atoms. The van der Waals surface area contributed by atoms with Crippen molar-refractivity contribution >= 4 is 17.4 Å². The van der Waals surface area contributed by atoms with E-state index in [1.165, 1.54) is 12.8 Å². The van der Waals surface area contributed by atoms with Gasteiger partial charge in [0.2, 0.25) is 0 Å². The monoisotopic (exact) mass is 335 g/mol. The second kappa shape index (κ2) is 7.75. The van der Waals surface area contributed by atoms with Gasteiger partial charge in [-0.15, -0.1) is 10.2 Å². The van der Waals surface area contributed by atoms with E-state index < -0.39 is 0 Å². The topological polar surface area (TPSA) is 81.9 Å². The SMILES string of the molecule is CCC1CCCCN1c1ccc(C(=O)Nc2ccccc2C#N)nn1. The minimum absolute atomic E-state index is 0.238. The smallest absolute Gasteiger partial charge is 0.276 e. The lowest BCUT2D eigenvalue weighted by Gasteiger charge is -2.35. The molecule has 1 aliphatic rings. The van der Waals surface area contributed by atoms with Gasteiger partial charge in [0, 0.05) is 12.6 Å². The standard InChI is InChI=1S/C19H21N5O/c1-2-15-8-5-6-12-24(15)18-11-10-17(22-23-18)19(25)21-16-9-4-3-7-14(16)13-20/h3-4,7,9-11,15H,2,5-6,8,12H2,1H3,(H,21,25). The molecule has 1 aliphatic heterocycles. The number of piperidine rings is 1. The van der Waals surface area contributed by atoms with Crippen molar-refractivity contribution in [2.45, 2.75) is 38.6 Å². The number of rotatable bonds is 4. The van der Waals surface area contributed by atoms with Gasteiger partial charge in [-0.05, 0) is 49.9 Å². The van der Waals surface area contributed by atoms with E-state index in [0.717, 1.165) is 25.2 Å². The van der Waals surface area contributed by atoms with Crippen LogP contribution in [0.1, 0.15) is 48.7 Å². The Bertz CT molecular complexity index is 781. The van der Waals surface area contributed by atoms with E-state index in [4.69, 9.17) is 5.26 Å². The lowest BCUT2D eigenvalue weighted by molar-refractivity contribution is 0.102. The predicted molar refractivity (Wildman–Crippen MR) is 96.4 cm³/mol. The van der Waals surface area contributed by atoms with Crippen LogP contribution >= 0.6 is 0 Å². The summed E-state index contributed by atoms with van der Waals surface area (Å²) < 4.78 is 0. The Kier molecular flexibility index (Phi) is 5.24. The third kappa shape index (κ3) is 3.77. The van der Waals surface area contributed by atoms with Crippen LogP contribution in [0.5, 0.6) is 0 Å². The predicted octanol–water partition coefficient (Wildman–Crippen LogP) is 3.37. The molecule has 6 heteroatoms. The molecule has 25 heavy (non-hydrogen) atoms. The highest BCUT2D eigenvalue weighted by Gasteiger charge is 2.22. The van der Waals surface area contributed by atoms with Crippen molar-refractivity contribution in [2.75, 3.05) is 16.8 Å². The number of para-hydroxylation sites is 1. The molecule has 1 unspecified atom stereocenters. The van der Waals surface area contributed by atoms with Gasteiger partial charge >= 0.3 is 0 Å². The van der Waals surface area contributed by atoms with Crippen molar-refractivity contribution in [1.82, 2.24) is 10.2 Å². The summed E-state index contributed by atoms with van der Waals surface area (Å²) in [6.07, 6.45) is 4.66. The lowest BCUT2D eigenvalue weighted by Crippen LogP contribution is -2.39. The molecule has 128 valence electrons. The molecule has 1 saturated heterocycles. The number of hydrogen-bond donors (Lipinski definition) is 1. The summed E-state index contributed by atoms with van der Waals surface area (Å²) in [5.74, 6) is 0.452. The summed E-state index contributed by atoms with van der Waals surface area (Å²) in [4.78, 5) is 14.6. The average Bonchev–Trinajstić information content (AvgIpc) is 2.68. The first-order chi connectivity index (χ1) is 12.2. The zero-order valence-corrected chi connectivity index (χ0v) is 14.3. The van der Waals surface area contributed by atoms with Gasteiger partial charge in [0.15, 0.2) is 11.5 Å². The second-order valence-electron chi connectivity index (χ2n) is 6.14. The van der Waals surface area contributed by atoms with Crippen molar-refractivity contribution in [3.05, 3.63) is 47.7 Å². The maximum atomic E-state index is 12.4. The molecule has 1 atom stereocenters. The van der Waals surface area contributed by atoms with Gasteiger partial charge in [0.1, 0.15) is 6.07 Å². The van der Waals surface area contributed by atoms with Crippen LogP contribution in [0.25, 0.3) is 0 Å². The fourth-order valence-corrected chi connectivity index (χ4v) is 3.20. The van der Waals surface area contributed by atoms with E-state index in [1.54, 1.807) is 30.3 Å². The molecule has 0 aliphatic carbocycles. The number of amides is 1. The number of hydrogen-bond acceptors (Lipinski definition) is 5. The largest absolute Gasteiger partial charge is 0.352 e. The number of aromatic nitrogens is 2. The Balaban J connectivity index is 1.73. The molecule has 1 aromatic heterocycles. The minimum Gasteiger partial charge on any atom is -0.352 e. The molecule has 2 heterocycles. The quantitative estimate of drug-likeness (QED) is 0.926. The highest BCUT2D eigenvalue weighted by atomic mass is 16.1. The molecule has 1 amide bonds. The van der Waals surface area contributed by atoms with E-state index in [1.807, 2.05) is 6.07 Å². The van der Waals surface area contributed by atoms with Crippen LogP contribution in [0, 0.1) is 11.3 Å². The summed E-state index contributed by atoms with van der Waals surface area (Å²) in [6, 6.07) is 13.0. The van der Waals surface area contributed by atoms with Gasteiger partial charge in [0.05, 0.1) is 11.3 Å². The molecule has 0 saturated carbocycles. The molecule has 3 rings (SSSR count). The maximum absolute atomic E-state index is 12.4. The summed E-state index contributed by atoms with van der Waals surface area (Å²) >= 11 is 0. The molecule has 2 aromatic rings. The molecular formula is C19H21N5O. The minimum atomic E-state index is -0.368. The maximum Gasteiger partial charge on any atom is 0.276 e.